The number of nitrogens with one attached hydrogen (secondary N) is 2. The maximum absolute atomic E-state index is 12.7. The second-order valence-electron chi connectivity index (χ2n) is 9.57. The zero-order chi connectivity index (χ0) is 26.7. The first-order chi connectivity index (χ1) is 18.3. The van der Waals surface area contributed by atoms with E-state index in [4.69, 9.17) is 14.2 Å². The van der Waals surface area contributed by atoms with Gasteiger partial charge < -0.3 is 24.6 Å². The van der Waals surface area contributed by atoms with Gasteiger partial charge in [0.2, 0.25) is 15.9 Å². The predicted molar refractivity (Wildman–Crippen MR) is 142 cm³/mol. The number of sulfonamides is 1. The highest BCUT2D eigenvalue weighted by Crippen LogP contribution is 2.47. The van der Waals surface area contributed by atoms with Crippen LogP contribution in [-0.2, 0) is 26.1 Å². The van der Waals surface area contributed by atoms with Crippen LogP contribution in [0.2, 0.25) is 0 Å². The lowest BCUT2D eigenvalue weighted by Gasteiger charge is -2.37. The van der Waals surface area contributed by atoms with Gasteiger partial charge in [-0.3, -0.25) is 9.52 Å². The third kappa shape index (κ3) is 6.27. The number of benzene rings is 3. The molecule has 2 aliphatic rings. The Labute approximate surface area is 221 Å². The number of ether oxygens (including phenoxy) is 3. The fraction of sp³-hybridized carbons (Fsp3) is 0.321. The number of carbonyl (C=O) groups is 1. The van der Waals surface area contributed by atoms with Crippen LogP contribution in [0.15, 0.2) is 72.8 Å². The van der Waals surface area contributed by atoms with Gasteiger partial charge in [-0.25, -0.2) is 8.42 Å². The van der Waals surface area contributed by atoms with Gasteiger partial charge in [-0.05, 0) is 54.4 Å². The van der Waals surface area contributed by atoms with Gasteiger partial charge in [-0.15, -0.1) is 0 Å². The Balaban J connectivity index is 1.18. The van der Waals surface area contributed by atoms with Crippen molar-refractivity contribution in [3.05, 3.63) is 83.9 Å². The number of rotatable bonds is 9. The van der Waals surface area contributed by atoms with Crippen molar-refractivity contribution >= 4 is 21.6 Å². The van der Waals surface area contributed by atoms with Gasteiger partial charge in [-0.1, -0.05) is 30.3 Å². The molecule has 3 N–H and O–H groups in total. The first kappa shape index (κ1) is 26.0. The molecule has 5 rings (SSSR count). The molecule has 4 atom stereocenters. The zero-order valence-electron chi connectivity index (χ0n) is 20.9. The molecule has 3 aromatic carbocycles. The van der Waals surface area contributed by atoms with Crippen molar-refractivity contribution in [2.45, 2.75) is 43.6 Å². The summed E-state index contributed by atoms with van der Waals surface area (Å²) in [7, 11) is -3.43. The minimum absolute atomic E-state index is 0.130. The number of aliphatic hydroxyl groups excluding tert-OH is 1. The fourth-order valence-corrected chi connectivity index (χ4v) is 5.50. The van der Waals surface area contributed by atoms with Crippen LogP contribution in [0.1, 0.15) is 29.9 Å². The SMILES string of the molecule is CS(=O)(=O)Nc1ccc2c(c1)[C@H]1C[C@@H](CC(=O)NCc3ccc(Oc4ccccc4)cc3)O[C@@H](CO)[C@H]1O2. The molecule has 2 heterocycles. The molecule has 1 amide bonds. The van der Waals surface area contributed by atoms with Gasteiger partial charge in [0.15, 0.2) is 0 Å². The molecule has 0 spiro atoms. The molecule has 0 aromatic heterocycles. The highest BCUT2D eigenvalue weighted by Gasteiger charge is 2.46. The van der Waals surface area contributed by atoms with E-state index in [-0.39, 0.29) is 24.9 Å². The molecule has 0 saturated carbocycles. The van der Waals surface area contributed by atoms with Crippen molar-refractivity contribution in [3.63, 3.8) is 0 Å². The van der Waals surface area contributed by atoms with Gasteiger partial charge >= 0.3 is 0 Å². The summed E-state index contributed by atoms with van der Waals surface area (Å²) in [6.07, 6.45) is 0.316. The number of carbonyl (C=O) groups excluding carboxylic acids is 1. The molecule has 200 valence electrons. The Morgan fingerprint density at radius 3 is 2.50 bits per heavy atom. The van der Waals surface area contributed by atoms with Gasteiger partial charge in [0.05, 0.1) is 25.4 Å². The van der Waals surface area contributed by atoms with Crippen molar-refractivity contribution in [1.29, 1.82) is 0 Å². The molecule has 9 nitrogen and oxygen atoms in total. The Kier molecular flexibility index (Phi) is 7.55. The van der Waals surface area contributed by atoms with Crippen molar-refractivity contribution in [1.82, 2.24) is 5.32 Å². The van der Waals surface area contributed by atoms with Crippen LogP contribution in [0, 0.1) is 0 Å². The molecule has 0 unspecified atom stereocenters. The smallest absolute Gasteiger partial charge is 0.229 e. The number of anilines is 1. The van der Waals surface area contributed by atoms with Crippen LogP contribution in [0.4, 0.5) is 5.69 Å². The summed E-state index contributed by atoms with van der Waals surface area (Å²) in [6, 6.07) is 22.1. The second-order valence-corrected chi connectivity index (χ2v) is 11.3. The number of para-hydroxylation sites is 1. The van der Waals surface area contributed by atoms with E-state index in [1.807, 2.05) is 54.6 Å². The van der Waals surface area contributed by atoms with Crippen molar-refractivity contribution in [2.24, 2.45) is 0 Å². The lowest BCUT2D eigenvalue weighted by Crippen LogP contribution is -2.47. The highest BCUT2D eigenvalue weighted by molar-refractivity contribution is 7.92. The number of amides is 1. The maximum atomic E-state index is 12.7. The Morgan fingerprint density at radius 1 is 1.05 bits per heavy atom. The summed E-state index contributed by atoms with van der Waals surface area (Å²) in [6.45, 7) is 0.109. The second kappa shape index (κ2) is 11.0. The van der Waals surface area contributed by atoms with Gasteiger partial charge in [0.1, 0.15) is 29.5 Å². The summed E-state index contributed by atoms with van der Waals surface area (Å²) >= 11 is 0. The number of hydrogen-bond donors (Lipinski definition) is 3. The normalized spacial score (nSPS) is 22.1. The van der Waals surface area contributed by atoms with Crippen LogP contribution in [0.5, 0.6) is 17.2 Å². The molecule has 3 aromatic rings. The van der Waals surface area contributed by atoms with E-state index < -0.39 is 28.3 Å². The van der Waals surface area contributed by atoms with Crippen LogP contribution in [0.25, 0.3) is 0 Å². The van der Waals surface area contributed by atoms with Gasteiger partial charge in [0.25, 0.3) is 0 Å². The first-order valence-electron chi connectivity index (χ1n) is 12.4. The van der Waals surface area contributed by atoms with Crippen LogP contribution in [0.3, 0.4) is 0 Å². The van der Waals surface area contributed by atoms with E-state index in [1.54, 1.807) is 18.2 Å². The lowest BCUT2D eigenvalue weighted by molar-refractivity contribution is -0.142. The Morgan fingerprint density at radius 2 is 1.79 bits per heavy atom. The van der Waals surface area contributed by atoms with Crippen LogP contribution in [-0.4, -0.2) is 50.6 Å². The third-order valence-electron chi connectivity index (χ3n) is 6.61. The van der Waals surface area contributed by atoms with E-state index in [1.165, 1.54) is 0 Å². The topological polar surface area (TPSA) is 123 Å². The monoisotopic (exact) mass is 538 g/mol. The Hall–Kier alpha value is -3.60. The summed E-state index contributed by atoms with van der Waals surface area (Å²) in [4.78, 5) is 12.7. The van der Waals surface area contributed by atoms with E-state index in [0.717, 1.165) is 23.1 Å². The molecule has 10 heteroatoms. The van der Waals surface area contributed by atoms with E-state index in [2.05, 4.69) is 10.0 Å². The molecule has 0 radical (unpaired) electrons. The first-order valence-corrected chi connectivity index (χ1v) is 14.3. The van der Waals surface area contributed by atoms with Crippen LogP contribution >= 0.6 is 0 Å². The van der Waals surface area contributed by atoms with E-state index in [9.17, 15) is 18.3 Å². The van der Waals surface area contributed by atoms with Crippen molar-refractivity contribution in [3.8, 4) is 17.2 Å². The minimum atomic E-state index is -3.43. The van der Waals surface area contributed by atoms with Gasteiger partial charge in [0, 0.05) is 23.7 Å². The molecule has 38 heavy (non-hydrogen) atoms. The number of fused-ring (bicyclic) bond motifs is 3. The molecule has 1 fully saturated rings. The quantitative estimate of drug-likeness (QED) is 0.381. The molecule has 0 aliphatic carbocycles. The van der Waals surface area contributed by atoms with Crippen molar-refractivity contribution in [2.75, 3.05) is 17.6 Å². The summed E-state index contributed by atoms with van der Waals surface area (Å²) in [5.41, 5.74) is 2.21. The molecular weight excluding hydrogens is 508 g/mol. The summed E-state index contributed by atoms with van der Waals surface area (Å²) in [5.74, 6) is 1.79. The maximum Gasteiger partial charge on any atom is 0.229 e. The number of aliphatic hydroxyl groups is 1. The average molecular weight is 539 g/mol. The predicted octanol–water partition coefficient (Wildman–Crippen LogP) is 3.55. The van der Waals surface area contributed by atoms with E-state index in [0.29, 0.717) is 30.2 Å². The fourth-order valence-electron chi connectivity index (χ4n) is 4.95. The minimum Gasteiger partial charge on any atom is -0.487 e. The van der Waals surface area contributed by atoms with Gasteiger partial charge in [-0.2, -0.15) is 0 Å². The lowest BCUT2D eigenvalue weighted by atomic mass is 9.84. The zero-order valence-corrected chi connectivity index (χ0v) is 21.7. The molecule has 2 aliphatic heterocycles. The molecular formula is C28H30N2O7S. The standard InChI is InChI=1S/C28H30N2O7S/c1-38(33,34)30-19-9-12-25-23(13-19)24-14-22(36-26(17-31)28(24)37-25)15-27(32)29-16-18-7-10-21(11-8-18)35-20-5-3-2-4-6-20/h2-13,22,24,26,28,30-31H,14-17H2,1H3,(H,29,32)/t22-,24+,26-,28-/m0/s1. The summed E-state index contributed by atoms with van der Waals surface area (Å²) in [5, 5.41) is 12.9. The molecule has 0 bridgehead atoms. The van der Waals surface area contributed by atoms with E-state index >= 15 is 0 Å². The summed E-state index contributed by atoms with van der Waals surface area (Å²) < 4.78 is 43.7. The Bertz CT molecular complexity index is 1380. The van der Waals surface area contributed by atoms with Crippen LogP contribution < -0.4 is 19.5 Å². The van der Waals surface area contributed by atoms with Crippen molar-refractivity contribution < 1.29 is 32.5 Å². The largest absolute Gasteiger partial charge is 0.487 e. The average Bonchev–Trinajstić information content (AvgIpc) is 3.25. The third-order valence-corrected chi connectivity index (χ3v) is 7.21. The highest BCUT2D eigenvalue weighted by atomic mass is 32.2. The molecule has 1 saturated heterocycles. The number of hydrogen-bond acceptors (Lipinski definition) is 7.